The second-order valence-electron chi connectivity index (χ2n) is 3.69. The molecule has 0 radical (unpaired) electrons. The van der Waals surface area contributed by atoms with Gasteiger partial charge >= 0.3 is 5.97 Å². The molecule has 0 unspecified atom stereocenters. The SMILES string of the molecule is O=C(Oc1csc(SC(=O)c2ccco2)n1)c1ccco1. The molecule has 3 aromatic heterocycles. The summed E-state index contributed by atoms with van der Waals surface area (Å²) in [5.41, 5.74) is 0. The predicted molar refractivity (Wildman–Crippen MR) is 74.7 cm³/mol. The van der Waals surface area contributed by atoms with Gasteiger partial charge in [-0.15, -0.1) is 11.3 Å². The normalized spacial score (nSPS) is 10.5. The number of rotatable bonds is 4. The van der Waals surface area contributed by atoms with Gasteiger partial charge in [-0.2, -0.15) is 4.98 Å². The molecule has 0 atom stereocenters. The number of thiazole rings is 1. The summed E-state index contributed by atoms with van der Waals surface area (Å²) in [4.78, 5) is 27.5. The maximum absolute atomic E-state index is 11.8. The Morgan fingerprint density at radius 1 is 1.14 bits per heavy atom. The summed E-state index contributed by atoms with van der Waals surface area (Å²) in [6, 6.07) is 6.28. The second-order valence-corrected chi connectivity index (χ2v) is 5.76. The molecular weight excluding hydrogens is 314 g/mol. The molecule has 0 aliphatic carbocycles. The average molecular weight is 321 g/mol. The van der Waals surface area contributed by atoms with Crippen LogP contribution in [-0.4, -0.2) is 16.1 Å². The number of esters is 1. The van der Waals surface area contributed by atoms with E-state index in [4.69, 9.17) is 13.6 Å². The van der Waals surface area contributed by atoms with Crippen LogP contribution in [0.15, 0.2) is 55.3 Å². The Balaban J connectivity index is 1.64. The van der Waals surface area contributed by atoms with Crippen LogP contribution < -0.4 is 4.74 Å². The third kappa shape index (κ3) is 3.23. The minimum absolute atomic E-state index is 0.0869. The third-order valence-corrected chi connectivity index (χ3v) is 4.09. The summed E-state index contributed by atoms with van der Waals surface area (Å²) in [7, 11) is 0. The van der Waals surface area contributed by atoms with Crippen LogP contribution in [0.4, 0.5) is 0 Å². The lowest BCUT2D eigenvalue weighted by Crippen LogP contribution is -2.07. The molecule has 3 rings (SSSR count). The Morgan fingerprint density at radius 3 is 2.52 bits per heavy atom. The summed E-state index contributed by atoms with van der Waals surface area (Å²) in [6.45, 7) is 0. The van der Waals surface area contributed by atoms with Crippen molar-refractivity contribution in [3.63, 3.8) is 0 Å². The highest BCUT2D eigenvalue weighted by Crippen LogP contribution is 2.29. The Kier molecular flexibility index (Phi) is 3.89. The molecule has 0 amide bonds. The number of nitrogens with zero attached hydrogens (tertiary/aromatic N) is 1. The Labute approximate surface area is 126 Å². The first kappa shape index (κ1) is 13.7. The summed E-state index contributed by atoms with van der Waals surface area (Å²) in [5, 5.41) is 1.27. The van der Waals surface area contributed by atoms with Crippen LogP contribution in [0.1, 0.15) is 21.1 Å². The van der Waals surface area contributed by atoms with E-state index in [9.17, 15) is 9.59 Å². The smallest absolute Gasteiger partial charge is 0.380 e. The van der Waals surface area contributed by atoms with E-state index in [1.165, 1.54) is 29.9 Å². The van der Waals surface area contributed by atoms with Gasteiger partial charge in [-0.3, -0.25) is 4.79 Å². The van der Waals surface area contributed by atoms with Crippen molar-refractivity contribution in [1.82, 2.24) is 4.98 Å². The van der Waals surface area contributed by atoms with E-state index >= 15 is 0 Å². The predicted octanol–water partition coefficient (Wildman–Crippen LogP) is 3.48. The molecule has 3 heterocycles. The number of hydrogen-bond donors (Lipinski definition) is 0. The molecule has 0 bridgehead atoms. The first-order valence-electron chi connectivity index (χ1n) is 5.69. The van der Waals surface area contributed by atoms with Gasteiger partial charge in [-0.1, -0.05) is 0 Å². The Bertz CT molecular complexity index is 683. The van der Waals surface area contributed by atoms with Crippen LogP contribution in [0.5, 0.6) is 5.88 Å². The minimum atomic E-state index is -0.640. The second kappa shape index (κ2) is 5.98. The number of thioether (sulfide) groups is 1. The van der Waals surface area contributed by atoms with Gasteiger partial charge in [-0.05, 0) is 36.0 Å². The van der Waals surface area contributed by atoms with Gasteiger partial charge in [0.05, 0.1) is 17.9 Å². The average Bonchev–Trinajstić information content (AvgIpc) is 3.22. The lowest BCUT2D eigenvalue weighted by atomic mass is 10.5. The fourth-order valence-electron chi connectivity index (χ4n) is 1.40. The highest BCUT2D eigenvalue weighted by molar-refractivity contribution is 8.15. The molecule has 6 nitrogen and oxygen atoms in total. The zero-order chi connectivity index (χ0) is 14.7. The van der Waals surface area contributed by atoms with Gasteiger partial charge in [0.1, 0.15) is 0 Å². The van der Waals surface area contributed by atoms with E-state index in [-0.39, 0.29) is 22.5 Å². The van der Waals surface area contributed by atoms with Gasteiger partial charge in [0.15, 0.2) is 10.1 Å². The van der Waals surface area contributed by atoms with Crippen LogP contribution in [0.25, 0.3) is 0 Å². The third-order valence-electron chi connectivity index (χ3n) is 2.28. The monoisotopic (exact) mass is 321 g/mol. The summed E-state index contributed by atoms with van der Waals surface area (Å²) >= 11 is 2.10. The highest BCUT2D eigenvalue weighted by Gasteiger charge is 2.17. The van der Waals surface area contributed by atoms with E-state index < -0.39 is 5.97 Å². The fraction of sp³-hybridized carbons (Fsp3) is 0. The molecule has 8 heteroatoms. The molecule has 21 heavy (non-hydrogen) atoms. The molecule has 0 saturated heterocycles. The lowest BCUT2D eigenvalue weighted by molar-refractivity contribution is 0.0694. The molecule has 3 aromatic rings. The number of carbonyl (C=O) groups is 2. The fourth-order valence-corrected chi connectivity index (χ4v) is 2.92. The van der Waals surface area contributed by atoms with Crippen molar-refractivity contribution >= 4 is 34.2 Å². The zero-order valence-corrected chi connectivity index (χ0v) is 12.0. The van der Waals surface area contributed by atoms with E-state index in [1.807, 2.05) is 0 Å². The van der Waals surface area contributed by atoms with Gasteiger partial charge in [0.25, 0.3) is 5.12 Å². The summed E-state index contributed by atoms with van der Waals surface area (Å²) in [5.74, 6) is -0.191. The van der Waals surface area contributed by atoms with E-state index in [0.29, 0.717) is 4.34 Å². The van der Waals surface area contributed by atoms with Crippen molar-refractivity contribution in [1.29, 1.82) is 0 Å². The summed E-state index contributed by atoms with van der Waals surface area (Å²) in [6.07, 6.45) is 2.80. The van der Waals surface area contributed by atoms with E-state index in [2.05, 4.69) is 4.98 Å². The van der Waals surface area contributed by atoms with Crippen molar-refractivity contribution < 1.29 is 23.2 Å². The van der Waals surface area contributed by atoms with Crippen molar-refractivity contribution in [2.75, 3.05) is 0 Å². The molecule has 106 valence electrons. The van der Waals surface area contributed by atoms with Crippen LogP contribution in [0.2, 0.25) is 0 Å². The lowest BCUT2D eigenvalue weighted by Gasteiger charge is -1.96. The standard InChI is InChI=1S/C13H7NO5S2/c15-11(8-3-1-5-17-8)19-10-7-20-13(14-10)21-12(16)9-4-2-6-18-9/h1-7H. The van der Waals surface area contributed by atoms with Gasteiger partial charge in [0, 0.05) is 0 Å². The molecule has 0 N–H and O–H groups in total. The van der Waals surface area contributed by atoms with Gasteiger partial charge in [0.2, 0.25) is 11.6 Å². The Morgan fingerprint density at radius 2 is 1.86 bits per heavy atom. The van der Waals surface area contributed by atoms with Gasteiger partial charge < -0.3 is 13.6 Å². The number of aromatic nitrogens is 1. The molecule has 0 spiro atoms. The maximum Gasteiger partial charge on any atom is 0.380 e. The summed E-state index contributed by atoms with van der Waals surface area (Å²) < 4.78 is 15.4. The van der Waals surface area contributed by atoms with Crippen LogP contribution in [0, 0.1) is 0 Å². The van der Waals surface area contributed by atoms with E-state index in [1.54, 1.807) is 23.6 Å². The topological polar surface area (TPSA) is 82.5 Å². The highest BCUT2D eigenvalue weighted by atomic mass is 32.2. The number of carbonyl (C=O) groups excluding carboxylic acids is 2. The first-order valence-corrected chi connectivity index (χ1v) is 7.39. The number of furan rings is 2. The van der Waals surface area contributed by atoms with Crippen LogP contribution in [0.3, 0.4) is 0 Å². The van der Waals surface area contributed by atoms with E-state index in [0.717, 1.165) is 11.8 Å². The number of hydrogen-bond acceptors (Lipinski definition) is 8. The van der Waals surface area contributed by atoms with Gasteiger partial charge in [-0.25, -0.2) is 4.79 Å². The minimum Gasteiger partial charge on any atom is -0.460 e. The first-order chi connectivity index (χ1) is 10.2. The molecule has 0 saturated carbocycles. The van der Waals surface area contributed by atoms with Crippen LogP contribution >= 0.6 is 23.1 Å². The number of ether oxygens (including phenoxy) is 1. The molecular formula is C13H7NO5S2. The largest absolute Gasteiger partial charge is 0.460 e. The molecule has 0 aliphatic rings. The van der Waals surface area contributed by atoms with Crippen LogP contribution in [-0.2, 0) is 0 Å². The molecule has 0 aliphatic heterocycles. The Hall–Kier alpha value is -2.32. The van der Waals surface area contributed by atoms with Crippen molar-refractivity contribution in [2.45, 2.75) is 4.34 Å². The zero-order valence-electron chi connectivity index (χ0n) is 10.3. The van der Waals surface area contributed by atoms with Crippen molar-refractivity contribution in [3.05, 3.63) is 53.7 Å². The quantitative estimate of drug-likeness (QED) is 0.537. The molecule has 0 fully saturated rings. The van der Waals surface area contributed by atoms with Crippen molar-refractivity contribution in [2.24, 2.45) is 0 Å². The van der Waals surface area contributed by atoms with Crippen molar-refractivity contribution in [3.8, 4) is 5.88 Å². The molecule has 0 aromatic carbocycles. The maximum atomic E-state index is 11.8.